The van der Waals surface area contributed by atoms with Crippen molar-refractivity contribution in [1.29, 1.82) is 0 Å². The first-order valence-corrected chi connectivity index (χ1v) is 8.23. The number of anilines is 1. The summed E-state index contributed by atoms with van der Waals surface area (Å²) in [4.78, 5) is 3.85. The Morgan fingerprint density at radius 2 is 1.50 bits per heavy atom. The van der Waals surface area contributed by atoms with Crippen LogP contribution in [0.2, 0.25) is 0 Å². The summed E-state index contributed by atoms with van der Waals surface area (Å²) in [5.41, 5.74) is 1.84. The molecule has 0 aliphatic rings. The van der Waals surface area contributed by atoms with Gasteiger partial charge in [-0.05, 0) is 42.5 Å². The van der Waals surface area contributed by atoms with Crippen LogP contribution in [0.5, 0.6) is 11.5 Å². The molecule has 3 rings (SSSR count). The van der Waals surface area contributed by atoms with Crippen molar-refractivity contribution in [1.82, 2.24) is 0 Å². The second-order valence-electron chi connectivity index (χ2n) is 5.07. The van der Waals surface area contributed by atoms with Gasteiger partial charge in [0.1, 0.15) is 22.9 Å². The molecular weight excluding hydrogens is 320 g/mol. The van der Waals surface area contributed by atoms with Crippen LogP contribution in [0.1, 0.15) is 0 Å². The maximum atomic E-state index is 10.0. The SMILES string of the molecule is Oc1ccc(O)c(SC(Nc2ccccc2)=[NH+]c2ccccc2)c1. The molecule has 4 N–H and O–H groups in total. The maximum absolute atomic E-state index is 10.0. The van der Waals surface area contributed by atoms with Crippen molar-refractivity contribution >= 4 is 28.3 Å². The average molecular weight is 337 g/mol. The second-order valence-corrected chi connectivity index (χ2v) is 6.12. The first-order chi connectivity index (χ1) is 11.7. The number of phenolic OH excluding ortho intramolecular Hbond substituents is 2. The van der Waals surface area contributed by atoms with Gasteiger partial charge in [0.2, 0.25) is 0 Å². The molecule has 120 valence electrons. The van der Waals surface area contributed by atoms with Gasteiger partial charge in [-0.3, -0.25) is 0 Å². The van der Waals surface area contributed by atoms with Gasteiger partial charge in [-0.1, -0.05) is 36.4 Å². The highest BCUT2D eigenvalue weighted by atomic mass is 32.2. The molecule has 5 heteroatoms. The lowest BCUT2D eigenvalue weighted by atomic mass is 10.3. The first kappa shape index (κ1) is 16.0. The third-order valence-electron chi connectivity index (χ3n) is 3.22. The fraction of sp³-hybridized carbons (Fsp3) is 0. The highest BCUT2D eigenvalue weighted by Gasteiger charge is 2.14. The van der Waals surface area contributed by atoms with Gasteiger partial charge in [0.15, 0.2) is 0 Å². The van der Waals surface area contributed by atoms with Gasteiger partial charge >= 0.3 is 5.17 Å². The molecule has 0 saturated heterocycles. The number of para-hydroxylation sites is 2. The molecule has 0 radical (unpaired) electrons. The van der Waals surface area contributed by atoms with Crippen molar-refractivity contribution in [3.63, 3.8) is 0 Å². The topological polar surface area (TPSA) is 66.5 Å². The Morgan fingerprint density at radius 3 is 2.21 bits per heavy atom. The lowest BCUT2D eigenvalue weighted by Crippen LogP contribution is -2.67. The third-order valence-corrected chi connectivity index (χ3v) is 4.17. The summed E-state index contributed by atoms with van der Waals surface area (Å²) in [6.07, 6.45) is 0. The number of aromatic hydroxyl groups is 2. The molecule has 4 nitrogen and oxygen atoms in total. The molecule has 3 aromatic rings. The van der Waals surface area contributed by atoms with E-state index < -0.39 is 0 Å². The summed E-state index contributed by atoms with van der Waals surface area (Å²) in [7, 11) is 0. The van der Waals surface area contributed by atoms with Crippen molar-refractivity contribution in [2.45, 2.75) is 4.90 Å². The van der Waals surface area contributed by atoms with Gasteiger partial charge in [-0.25, -0.2) is 10.3 Å². The van der Waals surface area contributed by atoms with E-state index >= 15 is 0 Å². The van der Waals surface area contributed by atoms with Crippen LogP contribution in [0.3, 0.4) is 0 Å². The molecule has 0 amide bonds. The maximum Gasteiger partial charge on any atom is 0.319 e. The lowest BCUT2D eigenvalue weighted by molar-refractivity contribution is -0.349. The fourth-order valence-electron chi connectivity index (χ4n) is 2.08. The van der Waals surface area contributed by atoms with E-state index in [1.165, 1.54) is 30.0 Å². The summed E-state index contributed by atoms with van der Waals surface area (Å²) < 4.78 is 0. The Labute approximate surface area is 144 Å². The molecule has 24 heavy (non-hydrogen) atoms. The van der Waals surface area contributed by atoms with Gasteiger partial charge in [0, 0.05) is 11.8 Å². The highest BCUT2D eigenvalue weighted by Crippen LogP contribution is 2.31. The number of amidine groups is 1. The van der Waals surface area contributed by atoms with E-state index in [-0.39, 0.29) is 11.5 Å². The highest BCUT2D eigenvalue weighted by molar-refractivity contribution is 8.14. The van der Waals surface area contributed by atoms with Crippen molar-refractivity contribution in [2.75, 3.05) is 5.32 Å². The Kier molecular flexibility index (Phi) is 5.03. The van der Waals surface area contributed by atoms with E-state index in [2.05, 4.69) is 10.3 Å². The minimum absolute atomic E-state index is 0.106. The van der Waals surface area contributed by atoms with Crippen LogP contribution in [-0.2, 0) is 0 Å². The predicted octanol–water partition coefficient (Wildman–Crippen LogP) is 3.07. The summed E-state index contributed by atoms with van der Waals surface area (Å²) in [5.74, 6) is 0.217. The Balaban J connectivity index is 1.92. The number of thioether (sulfide) groups is 1. The molecule has 0 unspecified atom stereocenters. The summed E-state index contributed by atoms with van der Waals surface area (Å²) >= 11 is 1.30. The number of rotatable bonds is 3. The normalized spacial score (nSPS) is 11.2. The molecule has 0 fully saturated rings. The molecule has 0 aliphatic carbocycles. The number of hydrogen-bond acceptors (Lipinski definition) is 3. The van der Waals surface area contributed by atoms with Crippen LogP contribution in [0.25, 0.3) is 0 Å². The average Bonchev–Trinajstić information content (AvgIpc) is 2.60. The van der Waals surface area contributed by atoms with Crippen LogP contribution in [0, 0.1) is 0 Å². The van der Waals surface area contributed by atoms with Gasteiger partial charge in [-0.2, -0.15) is 0 Å². The molecule has 0 saturated carbocycles. The number of benzene rings is 3. The van der Waals surface area contributed by atoms with E-state index in [4.69, 9.17) is 0 Å². The van der Waals surface area contributed by atoms with Gasteiger partial charge in [0.05, 0.1) is 4.90 Å². The van der Waals surface area contributed by atoms with Crippen molar-refractivity contribution < 1.29 is 15.2 Å². The molecule has 0 aliphatic heterocycles. The molecule has 0 heterocycles. The number of phenols is 2. The summed E-state index contributed by atoms with van der Waals surface area (Å²) in [6, 6.07) is 23.9. The van der Waals surface area contributed by atoms with E-state index in [0.29, 0.717) is 10.1 Å². The number of nitrogens with one attached hydrogen (secondary N) is 2. The first-order valence-electron chi connectivity index (χ1n) is 7.41. The Morgan fingerprint density at radius 1 is 0.833 bits per heavy atom. The summed E-state index contributed by atoms with van der Waals surface area (Å²) in [6.45, 7) is 0. The van der Waals surface area contributed by atoms with E-state index in [9.17, 15) is 10.2 Å². The van der Waals surface area contributed by atoms with Gasteiger partial charge < -0.3 is 10.2 Å². The lowest BCUT2D eigenvalue weighted by Gasteiger charge is -2.06. The van der Waals surface area contributed by atoms with Crippen LogP contribution >= 0.6 is 11.8 Å². The van der Waals surface area contributed by atoms with Crippen LogP contribution in [-0.4, -0.2) is 15.4 Å². The zero-order valence-corrected chi connectivity index (χ0v) is 13.6. The minimum Gasteiger partial charge on any atom is -0.508 e. The summed E-state index contributed by atoms with van der Waals surface area (Å²) in [5, 5.41) is 23.7. The molecule has 0 aromatic heterocycles. The molecule has 3 aromatic carbocycles. The van der Waals surface area contributed by atoms with E-state index in [0.717, 1.165) is 11.4 Å². The molecule has 0 spiro atoms. The predicted molar refractivity (Wildman–Crippen MR) is 97.8 cm³/mol. The fourth-order valence-corrected chi connectivity index (χ4v) is 2.99. The number of hydrogen-bond donors (Lipinski definition) is 4. The molecular formula is C19H17N2O2S+. The van der Waals surface area contributed by atoms with E-state index in [1.54, 1.807) is 0 Å². The van der Waals surface area contributed by atoms with E-state index in [1.807, 2.05) is 60.7 Å². The smallest absolute Gasteiger partial charge is 0.319 e. The van der Waals surface area contributed by atoms with Crippen LogP contribution < -0.4 is 10.3 Å². The zero-order valence-electron chi connectivity index (χ0n) is 12.8. The second kappa shape index (κ2) is 7.57. The minimum atomic E-state index is 0.106. The van der Waals surface area contributed by atoms with Crippen LogP contribution in [0.4, 0.5) is 11.4 Å². The zero-order chi connectivity index (χ0) is 16.8. The Hall–Kier alpha value is -2.92. The van der Waals surface area contributed by atoms with Gasteiger partial charge in [-0.15, -0.1) is 0 Å². The molecule has 0 bridgehead atoms. The quantitative estimate of drug-likeness (QED) is 0.257. The third kappa shape index (κ3) is 4.30. The monoisotopic (exact) mass is 337 g/mol. The van der Waals surface area contributed by atoms with Crippen LogP contribution in [0.15, 0.2) is 83.8 Å². The standard InChI is InChI=1S/C19H16N2O2S/c22-16-11-12-17(23)18(13-16)24-19(20-14-7-3-1-4-8-14)21-15-9-5-2-6-10-15/h1-13,22-23H,(H,20,21)/p+1. The van der Waals surface area contributed by atoms with Crippen molar-refractivity contribution in [2.24, 2.45) is 0 Å². The Bertz CT molecular complexity index is 837. The van der Waals surface area contributed by atoms with Crippen molar-refractivity contribution in [3.8, 4) is 11.5 Å². The van der Waals surface area contributed by atoms with Crippen molar-refractivity contribution in [3.05, 3.63) is 78.9 Å². The molecule has 0 atom stereocenters. The van der Waals surface area contributed by atoms with Gasteiger partial charge in [0.25, 0.3) is 0 Å². The largest absolute Gasteiger partial charge is 0.508 e.